The van der Waals surface area contributed by atoms with Crippen LogP contribution in [0.15, 0.2) is 42.9 Å². The van der Waals surface area contributed by atoms with Gasteiger partial charge in [-0.25, -0.2) is 9.37 Å². The fourth-order valence-corrected chi connectivity index (χ4v) is 3.92. The molecule has 1 aliphatic rings. The number of aromatic nitrogens is 6. The maximum absolute atomic E-state index is 14.2. The molecule has 1 aliphatic carbocycles. The van der Waals surface area contributed by atoms with Crippen LogP contribution in [0.2, 0.25) is 0 Å². The summed E-state index contributed by atoms with van der Waals surface area (Å²) < 4.78 is 22.1. The van der Waals surface area contributed by atoms with Crippen LogP contribution < -0.4 is 10.5 Å². The van der Waals surface area contributed by atoms with E-state index in [1.54, 1.807) is 24.4 Å². The van der Waals surface area contributed by atoms with Crippen molar-refractivity contribution in [2.75, 3.05) is 0 Å². The molecule has 1 fully saturated rings. The average molecular weight is 393 g/mol. The molecule has 8 nitrogen and oxygen atoms in total. The second-order valence-electron chi connectivity index (χ2n) is 7.26. The molecule has 0 bridgehead atoms. The van der Waals surface area contributed by atoms with Gasteiger partial charge < -0.3 is 10.5 Å². The zero-order valence-electron chi connectivity index (χ0n) is 15.6. The van der Waals surface area contributed by atoms with Gasteiger partial charge in [-0.2, -0.15) is 10.1 Å². The summed E-state index contributed by atoms with van der Waals surface area (Å²) in [7, 11) is 0. The Hall–Kier alpha value is -3.33. The Morgan fingerprint density at radius 3 is 2.90 bits per heavy atom. The normalized spacial score (nSPS) is 19.5. The largest absolute Gasteiger partial charge is 0.422 e. The van der Waals surface area contributed by atoms with Crippen LogP contribution in [0.25, 0.3) is 22.6 Å². The smallest absolute Gasteiger partial charge is 0.303 e. The minimum Gasteiger partial charge on any atom is -0.422 e. The first-order chi connectivity index (χ1) is 14.2. The molecule has 1 saturated carbocycles. The van der Waals surface area contributed by atoms with E-state index in [-0.39, 0.29) is 17.8 Å². The summed E-state index contributed by atoms with van der Waals surface area (Å²) in [5.41, 5.74) is 8.36. The summed E-state index contributed by atoms with van der Waals surface area (Å²) in [5, 5.41) is 6.80. The Morgan fingerprint density at radius 2 is 2.10 bits per heavy atom. The van der Waals surface area contributed by atoms with Crippen molar-refractivity contribution < 1.29 is 9.13 Å². The third-order valence-corrected chi connectivity index (χ3v) is 5.28. The van der Waals surface area contributed by atoms with Crippen LogP contribution in [0.1, 0.15) is 31.7 Å². The zero-order valence-corrected chi connectivity index (χ0v) is 15.6. The lowest BCUT2D eigenvalue weighted by atomic mass is 9.91. The summed E-state index contributed by atoms with van der Waals surface area (Å²) in [6.07, 6.45) is 6.93. The van der Waals surface area contributed by atoms with Gasteiger partial charge in [0.15, 0.2) is 17.4 Å². The van der Waals surface area contributed by atoms with Crippen LogP contribution in [0, 0.1) is 5.82 Å². The first kappa shape index (κ1) is 17.7. The Morgan fingerprint density at radius 1 is 1.21 bits per heavy atom. The monoisotopic (exact) mass is 393 g/mol. The van der Waals surface area contributed by atoms with E-state index in [1.807, 2.05) is 10.6 Å². The molecule has 3 aromatic heterocycles. The van der Waals surface area contributed by atoms with Crippen molar-refractivity contribution in [2.24, 2.45) is 5.73 Å². The number of imidazole rings is 1. The van der Waals surface area contributed by atoms with Crippen molar-refractivity contribution in [1.29, 1.82) is 0 Å². The number of aromatic amines is 1. The Bertz CT molecular complexity index is 1140. The zero-order chi connectivity index (χ0) is 19.8. The van der Waals surface area contributed by atoms with E-state index < -0.39 is 5.82 Å². The number of fused-ring (bicyclic) bond motifs is 1. The second-order valence-corrected chi connectivity index (χ2v) is 7.26. The highest BCUT2D eigenvalue weighted by molar-refractivity contribution is 5.79. The molecule has 29 heavy (non-hydrogen) atoms. The highest BCUT2D eigenvalue weighted by atomic mass is 19.1. The van der Waals surface area contributed by atoms with Gasteiger partial charge in [0.1, 0.15) is 17.5 Å². The number of rotatable bonds is 4. The molecule has 3 heterocycles. The van der Waals surface area contributed by atoms with E-state index in [4.69, 9.17) is 10.5 Å². The summed E-state index contributed by atoms with van der Waals surface area (Å²) in [4.78, 5) is 13.2. The van der Waals surface area contributed by atoms with Crippen LogP contribution in [-0.4, -0.2) is 35.8 Å². The number of H-pyrrole nitrogens is 1. The van der Waals surface area contributed by atoms with Crippen LogP contribution in [0.5, 0.6) is 11.8 Å². The number of para-hydroxylation sites is 1. The Labute approximate surface area is 166 Å². The lowest BCUT2D eigenvalue weighted by Crippen LogP contribution is -2.29. The number of nitrogens with two attached hydrogens (primary N) is 1. The lowest BCUT2D eigenvalue weighted by molar-refractivity contribution is 0.294. The number of pyridine rings is 1. The van der Waals surface area contributed by atoms with Gasteiger partial charge in [0, 0.05) is 12.1 Å². The standard InChI is InChI=1S/C20H20FN7O/c21-14-6-1-2-7-18(14)29-20-26-16-10-23-15(19-24-11-25-27-19)9-17(16)28(20)13-5-3-4-12(22)8-13/h1-2,6-7,9-13H,3-5,8,22H2,(H,24,25,27)/t12-,13+/m0/s1. The Kier molecular flexibility index (Phi) is 4.44. The summed E-state index contributed by atoms with van der Waals surface area (Å²) in [6.45, 7) is 0. The molecule has 0 unspecified atom stereocenters. The molecule has 148 valence electrons. The van der Waals surface area contributed by atoms with Crippen molar-refractivity contribution in [3.05, 3.63) is 48.7 Å². The molecule has 1 aromatic carbocycles. The van der Waals surface area contributed by atoms with Gasteiger partial charge in [0.05, 0.1) is 11.7 Å². The third-order valence-electron chi connectivity index (χ3n) is 5.28. The summed E-state index contributed by atoms with van der Waals surface area (Å²) in [6, 6.07) is 8.74. The molecule has 9 heteroatoms. The SMILES string of the molecule is N[C@H]1CCC[C@@H](n2c(Oc3ccccc3F)nc3cnc(-c4nc[nH]n4)cc32)C1. The first-order valence-electron chi connectivity index (χ1n) is 9.61. The maximum Gasteiger partial charge on any atom is 0.303 e. The first-order valence-corrected chi connectivity index (χ1v) is 9.61. The van der Waals surface area contributed by atoms with Crippen molar-refractivity contribution in [1.82, 2.24) is 29.7 Å². The minimum absolute atomic E-state index is 0.105. The third kappa shape index (κ3) is 3.33. The maximum atomic E-state index is 14.2. The van der Waals surface area contributed by atoms with E-state index >= 15 is 0 Å². The van der Waals surface area contributed by atoms with Crippen LogP contribution >= 0.6 is 0 Å². The molecule has 0 amide bonds. The van der Waals surface area contributed by atoms with Gasteiger partial charge in [-0.05, 0) is 43.9 Å². The van der Waals surface area contributed by atoms with Crippen LogP contribution in [0.4, 0.5) is 4.39 Å². The van der Waals surface area contributed by atoms with Gasteiger partial charge in [0.25, 0.3) is 0 Å². The highest BCUT2D eigenvalue weighted by Crippen LogP contribution is 2.37. The quantitative estimate of drug-likeness (QED) is 0.549. The minimum atomic E-state index is -0.439. The second kappa shape index (κ2) is 7.25. The van der Waals surface area contributed by atoms with Crippen LogP contribution in [0.3, 0.4) is 0 Å². The highest BCUT2D eigenvalue weighted by Gasteiger charge is 2.27. The fraction of sp³-hybridized carbons (Fsp3) is 0.300. The van der Waals surface area contributed by atoms with E-state index in [0.29, 0.717) is 23.0 Å². The molecule has 0 spiro atoms. The molecule has 0 radical (unpaired) electrons. The predicted molar refractivity (Wildman–Crippen MR) is 105 cm³/mol. The fourth-order valence-electron chi connectivity index (χ4n) is 3.92. The number of hydrogen-bond acceptors (Lipinski definition) is 6. The van der Waals surface area contributed by atoms with Gasteiger partial charge in [-0.1, -0.05) is 12.1 Å². The number of halogens is 1. The number of ether oxygens (including phenoxy) is 1. The number of nitrogens with one attached hydrogen (secondary N) is 1. The number of benzene rings is 1. The van der Waals surface area contributed by atoms with Crippen molar-refractivity contribution >= 4 is 11.0 Å². The van der Waals surface area contributed by atoms with Crippen molar-refractivity contribution in [3.8, 4) is 23.3 Å². The summed E-state index contributed by atoms with van der Waals surface area (Å²) >= 11 is 0. The predicted octanol–water partition coefficient (Wildman–Crippen LogP) is 3.59. The van der Waals surface area contributed by atoms with Crippen molar-refractivity contribution in [3.63, 3.8) is 0 Å². The molecule has 3 N–H and O–H groups in total. The summed E-state index contributed by atoms with van der Waals surface area (Å²) in [5.74, 6) is 0.189. The molecule has 2 atom stereocenters. The number of hydrogen-bond donors (Lipinski definition) is 2. The van der Waals surface area contributed by atoms with E-state index in [1.165, 1.54) is 12.4 Å². The number of nitrogens with zero attached hydrogens (tertiary/aromatic N) is 5. The van der Waals surface area contributed by atoms with Crippen molar-refractivity contribution in [2.45, 2.75) is 37.8 Å². The topological polar surface area (TPSA) is 108 Å². The lowest BCUT2D eigenvalue weighted by Gasteiger charge is -2.29. The Balaban J connectivity index is 1.64. The molecule has 0 aliphatic heterocycles. The van der Waals surface area contributed by atoms with Gasteiger partial charge in [-0.3, -0.25) is 14.6 Å². The van der Waals surface area contributed by atoms with Gasteiger partial charge in [-0.15, -0.1) is 0 Å². The van der Waals surface area contributed by atoms with E-state index in [2.05, 4.69) is 25.1 Å². The van der Waals surface area contributed by atoms with E-state index in [9.17, 15) is 4.39 Å². The van der Waals surface area contributed by atoms with E-state index in [0.717, 1.165) is 31.2 Å². The van der Waals surface area contributed by atoms with Gasteiger partial charge >= 0.3 is 6.01 Å². The molecule has 5 rings (SSSR count). The molecule has 0 saturated heterocycles. The molecule has 4 aromatic rings. The van der Waals surface area contributed by atoms with Gasteiger partial charge in [0.2, 0.25) is 0 Å². The average Bonchev–Trinajstić information content (AvgIpc) is 3.37. The van der Waals surface area contributed by atoms with Crippen LogP contribution in [-0.2, 0) is 0 Å². The molecular formula is C20H20FN7O. The molecular weight excluding hydrogens is 373 g/mol.